The lowest BCUT2D eigenvalue weighted by atomic mass is 10.0. The molecule has 1 aromatic rings. The van der Waals surface area contributed by atoms with Gasteiger partial charge in [0.2, 0.25) is 0 Å². The molecule has 0 saturated carbocycles. The summed E-state index contributed by atoms with van der Waals surface area (Å²) in [4.78, 5) is 13.3. The maximum Gasteiger partial charge on any atom is 0.305 e. The lowest BCUT2D eigenvalue weighted by molar-refractivity contribution is -0.140. The summed E-state index contributed by atoms with van der Waals surface area (Å²) in [6.07, 6.45) is 3.33. The minimum absolute atomic E-state index is 0.129. The average Bonchev–Trinajstić information content (AvgIpc) is 2.42. The van der Waals surface area contributed by atoms with Gasteiger partial charge in [-0.25, -0.2) is 0 Å². The smallest absolute Gasteiger partial charge is 0.305 e. The summed E-state index contributed by atoms with van der Waals surface area (Å²) in [6, 6.07) is 6.37. The molecule has 2 rings (SSSR count). The molecule has 0 spiro atoms. The van der Waals surface area contributed by atoms with Crippen LogP contribution in [0.4, 0.5) is 5.69 Å². The molecule has 0 bridgehead atoms. The van der Waals surface area contributed by atoms with E-state index in [1.165, 1.54) is 12.7 Å². The normalized spacial score (nSPS) is 16.1. The minimum Gasteiger partial charge on any atom is -0.484 e. The van der Waals surface area contributed by atoms with E-state index in [2.05, 4.69) is 48.7 Å². The lowest BCUT2D eigenvalue weighted by Crippen LogP contribution is -2.45. The van der Waals surface area contributed by atoms with Crippen molar-refractivity contribution < 1.29 is 14.3 Å². The zero-order valence-electron chi connectivity index (χ0n) is 13.4. The second-order valence-electron chi connectivity index (χ2n) is 6.30. The van der Waals surface area contributed by atoms with E-state index in [1.54, 1.807) is 0 Å². The Morgan fingerprint density at radius 3 is 2.86 bits per heavy atom. The van der Waals surface area contributed by atoms with Crippen LogP contribution in [0, 0.1) is 0 Å². The summed E-state index contributed by atoms with van der Waals surface area (Å²) in [7, 11) is 3.53. The minimum atomic E-state index is -0.149. The molecule has 116 valence electrons. The molecule has 1 aliphatic rings. The first kappa shape index (κ1) is 15.7. The number of fused-ring (bicyclic) bond motifs is 1. The van der Waals surface area contributed by atoms with E-state index in [0.717, 1.165) is 37.2 Å². The van der Waals surface area contributed by atoms with Gasteiger partial charge in [-0.05, 0) is 50.8 Å². The van der Waals surface area contributed by atoms with Crippen LogP contribution < -0.4 is 9.64 Å². The number of carbonyl (C=O) groups is 1. The van der Waals surface area contributed by atoms with Gasteiger partial charge in [-0.3, -0.25) is 4.79 Å². The van der Waals surface area contributed by atoms with Crippen LogP contribution in [0.1, 0.15) is 38.7 Å². The number of likely N-dealkylation sites (N-methyl/N-ethyl adjacent to an activating group) is 1. The van der Waals surface area contributed by atoms with E-state index in [9.17, 15) is 4.79 Å². The third-order valence-electron chi connectivity index (χ3n) is 3.76. The van der Waals surface area contributed by atoms with Crippen molar-refractivity contribution in [2.75, 3.05) is 25.6 Å². The molecule has 0 amide bonds. The molecule has 0 saturated heterocycles. The van der Waals surface area contributed by atoms with Crippen molar-refractivity contribution in [1.29, 1.82) is 0 Å². The number of methoxy groups -OCH3 is 1. The molecule has 1 aromatic carbocycles. The summed E-state index contributed by atoms with van der Waals surface area (Å²) in [5.41, 5.74) is 2.29. The van der Waals surface area contributed by atoms with Crippen LogP contribution in [0.3, 0.4) is 0 Å². The molecule has 4 nitrogen and oxygen atoms in total. The van der Waals surface area contributed by atoms with Crippen molar-refractivity contribution >= 4 is 11.7 Å². The van der Waals surface area contributed by atoms with Crippen molar-refractivity contribution in [3.63, 3.8) is 0 Å². The second-order valence-corrected chi connectivity index (χ2v) is 6.30. The molecule has 0 unspecified atom stereocenters. The molecule has 0 fully saturated rings. The fourth-order valence-electron chi connectivity index (χ4n) is 2.79. The molecular weight excluding hydrogens is 266 g/mol. The lowest BCUT2D eigenvalue weighted by Gasteiger charge is -2.39. The van der Waals surface area contributed by atoms with E-state index in [1.807, 2.05) is 0 Å². The predicted molar refractivity (Wildman–Crippen MR) is 84.0 cm³/mol. The monoisotopic (exact) mass is 291 g/mol. The summed E-state index contributed by atoms with van der Waals surface area (Å²) < 4.78 is 10.7. The largest absolute Gasteiger partial charge is 0.484 e. The number of anilines is 1. The van der Waals surface area contributed by atoms with E-state index in [4.69, 9.17) is 4.74 Å². The maximum atomic E-state index is 11.1. The number of carbonyl (C=O) groups excluding carboxylic acids is 1. The number of nitrogens with zero attached hydrogens (tertiary/aromatic N) is 1. The van der Waals surface area contributed by atoms with Gasteiger partial charge >= 0.3 is 5.97 Å². The molecule has 21 heavy (non-hydrogen) atoms. The number of hydrogen-bond donors (Lipinski definition) is 0. The van der Waals surface area contributed by atoms with E-state index in [-0.39, 0.29) is 11.6 Å². The molecule has 1 aliphatic heterocycles. The maximum absolute atomic E-state index is 11.1. The van der Waals surface area contributed by atoms with Gasteiger partial charge in [0.1, 0.15) is 11.4 Å². The first-order valence-electron chi connectivity index (χ1n) is 7.51. The van der Waals surface area contributed by atoms with Crippen LogP contribution in [0.25, 0.3) is 0 Å². The first-order valence-corrected chi connectivity index (χ1v) is 7.51. The Morgan fingerprint density at radius 1 is 1.38 bits per heavy atom. The molecule has 0 radical (unpaired) electrons. The standard InChI is InChI=1S/C17H25NO3/c1-17(2)12-18(3)14-11-13(9-10-15(14)21-17)7-5-6-8-16(19)20-4/h9-11H,5-8,12H2,1-4H3. The molecule has 1 heterocycles. The highest BCUT2D eigenvalue weighted by atomic mass is 16.5. The third kappa shape index (κ3) is 4.13. The number of rotatable bonds is 5. The quantitative estimate of drug-likeness (QED) is 0.617. The van der Waals surface area contributed by atoms with Crippen molar-refractivity contribution in [3.05, 3.63) is 23.8 Å². The van der Waals surface area contributed by atoms with Crippen molar-refractivity contribution in [1.82, 2.24) is 0 Å². The Bertz CT molecular complexity index is 511. The van der Waals surface area contributed by atoms with Gasteiger partial charge in [0.25, 0.3) is 0 Å². The Balaban J connectivity index is 1.95. The van der Waals surface area contributed by atoms with E-state index in [0.29, 0.717) is 6.42 Å². The number of aryl methyl sites for hydroxylation is 1. The van der Waals surface area contributed by atoms with Gasteiger partial charge in [0.05, 0.1) is 19.3 Å². The zero-order valence-corrected chi connectivity index (χ0v) is 13.4. The highest BCUT2D eigenvalue weighted by molar-refractivity contribution is 5.69. The van der Waals surface area contributed by atoms with E-state index < -0.39 is 0 Å². The van der Waals surface area contributed by atoms with Crippen LogP contribution in [-0.4, -0.2) is 32.3 Å². The third-order valence-corrected chi connectivity index (χ3v) is 3.76. The van der Waals surface area contributed by atoms with E-state index >= 15 is 0 Å². The topological polar surface area (TPSA) is 38.8 Å². The fourth-order valence-corrected chi connectivity index (χ4v) is 2.79. The molecule has 0 atom stereocenters. The summed E-state index contributed by atoms with van der Waals surface area (Å²) in [6.45, 7) is 5.09. The van der Waals surface area contributed by atoms with Crippen LogP contribution in [0.2, 0.25) is 0 Å². The van der Waals surface area contributed by atoms with Gasteiger partial charge in [-0.2, -0.15) is 0 Å². The Labute approximate surface area is 127 Å². The van der Waals surface area contributed by atoms with Gasteiger partial charge in [0, 0.05) is 13.5 Å². The van der Waals surface area contributed by atoms with Crippen LogP contribution in [0.5, 0.6) is 5.75 Å². The van der Waals surface area contributed by atoms with Crippen molar-refractivity contribution in [3.8, 4) is 5.75 Å². The van der Waals surface area contributed by atoms with Crippen molar-refractivity contribution in [2.24, 2.45) is 0 Å². The number of ether oxygens (including phenoxy) is 2. The number of benzene rings is 1. The fraction of sp³-hybridized carbons (Fsp3) is 0.588. The number of hydrogen-bond acceptors (Lipinski definition) is 4. The predicted octanol–water partition coefficient (Wildman–Crippen LogP) is 3.18. The number of unbranched alkanes of at least 4 members (excludes halogenated alkanes) is 1. The van der Waals surface area contributed by atoms with Gasteiger partial charge in [-0.15, -0.1) is 0 Å². The number of esters is 1. The first-order chi connectivity index (χ1) is 9.91. The molecule has 0 aliphatic carbocycles. The van der Waals surface area contributed by atoms with Crippen LogP contribution in [-0.2, 0) is 16.0 Å². The summed E-state index contributed by atoms with van der Waals surface area (Å²) in [5.74, 6) is 0.822. The van der Waals surface area contributed by atoms with Crippen molar-refractivity contribution in [2.45, 2.75) is 45.1 Å². The van der Waals surface area contributed by atoms with Gasteiger partial charge in [0.15, 0.2) is 0 Å². The molecule has 4 heteroatoms. The van der Waals surface area contributed by atoms with Crippen LogP contribution in [0.15, 0.2) is 18.2 Å². The highest BCUT2D eigenvalue weighted by Gasteiger charge is 2.29. The highest BCUT2D eigenvalue weighted by Crippen LogP contribution is 2.36. The summed E-state index contributed by atoms with van der Waals surface area (Å²) in [5, 5.41) is 0. The van der Waals surface area contributed by atoms with Gasteiger partial charge in [-0.1, -0.05) is 6.07 Å². The molecule has 0 aromatic heterocycles. The molecule has 0 N–H and O–H groups in total. The second kappa shape index (κ2) is 6.37. The summed E-state index contributed by atoms with van der Waals surface area (Å²) >= 11 is 0. The SMILES string of the molecule is COC(=O)CCCCc1ccc2c(c1)N(C)CC(C)(C)O2. The average molecular weight is 291 g/mol. The molecular formula is C17H25NO3. The zero-order chi connectivity index (χ0) is 15.5. The van der Waals surface area contributed by atoms with Crippen LogP contribution >= 0.6 is 0 Å². The Kier molecular flexibility index (Phi) is 4.76. The van der Waals surface area contributed by atoms with Gasteiger partial charge < -0.3 is 14.4 Å². The Hall–Kier alpha value is -1.71. The Morgan fingerprint density at radius 2 is 2.14 bits per heavy atom.